The fraction of sp³-hybridized carbons (Fsp3) is 0.296. The van der Waals surface area contributed by atoms with Crippen LogP contribution in [0, 0.1) is 0 Å². The van der Waals surface area contributed by atoms with Gasteiger partial charge in [-0.1, -0.05) is 32.9 Å². The first-order valence-electron chi connectivity index (χ1n) is 10.7. The highest BCUT2D eigenvalue weighted by atomic mass is 16.5. The van der Waals surface area contributed by atoms with Crippen molar-refractivity contribution < 1.29 is 23.7 Å². The highest BCUT2D eigenvalue weighted by Crippen LogP contribution is 2.30. The van der Waals surface area contributed by atoms with Gasteiger partial charge in [0.25, 0.3) is 5.91 Å². The Kier molecular flexibility index (Phi) is 7.48. The predicted octanol–water partition coefficient (Wildman–Crippen LogP) is 5.84. The molecule has 0 saturated heterocycles. The van der Waals surface area contributed by atoms with Gasteiger partial charge in [-0.3, -0.25) is 4.79 Å². The van der Waals surface area contributed by atoms with Crippen LogP contribution in [-0.2, 0) is 12.0 Å². The Morgan fingerprint density at radius 3 is 2.03 bits per heavy atom. The molecule has 0 aliphatic heterocycles. The third kappa shape index (κ3) is 5.98. The van der Waals surface area contributed by atoms with Gasteiger partial charge >= 0.3 is 0 Å². The van der Waals surface area contributed by atoms with Crippen molar-refractivity contribution in [2.24, 2.45) is 0 Å². The number of ether oxygens (including phenoxy) is 4. The van der Waals surface area contributed by atoms with Gasteiger partial charge in [0, 0.05) is 17.2 Å². The van der Waals surface area contributed by atoms with Gasteiger partial charge in [-0.15, -0.1) is 0 Å². The van der Waals surface area contributed by atoms with E-state index < -0.39 is 0 Å². The SMILES string of the molecule is COc1ccc(OC)c(NC(=O)c2ccc(OC)c(COc3ccc(C(C)(C)C)cc3)c2)c1. The van der Waals surface area contributed by atoms with Crippen molar-refractivity contribution in [2.45, 2.75) is 32.8 Å². The summed E-state index contributed by atoms with van der Waals surface area (Å²) in [4.78, 5) is 13.0. The van der Waals surface area contributed by atoms with Crippen LogP contribution in [0.3, 0.4) is 0 Å². The summed E-state index contributed by atoms with van der Waals surface area (Å²) in [5.41, 5.74) is 3.08. The fourth-order valence-corrected chi connectivity index (χ4v) is 3.35. The van der Waals surface area contributed by atoms with Gasteiger partial charge in [0.15, 0.2) is 0 Å². The van der Waals surface area contributed by atoms with Crippen molar-refractivity contribution in [1.29, 1.82) is 0 Å². The summed E-state index contributed by atoms with van der Waals surface area (Å²) in [7, 11) is 4.71. The lowest BCUT2D eigenvalue weighted by atomic mass is 9.87. The van der Waals surface area contributed by atoms with Crippen LogP contribution in [0.5, 0.6) is 23.0 Å². The number of rotatable bonds is 8. The summed E-state index contributed by atoms with van der Waals surface area (Å²) >= 11 is 0. The third-order valence-corrected chi connectivity index (χ3v) is 5.31. The summed E-state index contributed by atoms with van der Waals surface area (Å²) in [6.45, 7) is 6.78. The van der Waals surface area contributed by atoms with Crippen molar-refractivity contribution in [3.8, 4) is 23.0 Å². The zero-order valence-corrected chi connectivity index (χ0v) is 20.0. The smallest absolute Gasteiger partial charge is 0.255 e. The minimum atomic E-state index is -0.278. The number of anilines is 1. The highest BCUT2D eigenvalue weighted by molar-refractivity contribution is 6.05. The first kappa shape index (κ1) is 24.0. The molecule has 0 spiro atoms. The molecule has 0 saturated carbocycles. The van der Waals surface area contributed by atoms with Gasteiger partial charge in [-0.2, -0.15) is 0 Å². The first-order valence-corrected chi connectivity index (χ1v) is 10.7. The zero-order chi connectivity index (χ0) is 24.0. The van der Waals surface area contributed by atoms with E-state index in [9.17, 15) is 4.79 Å². The Bertz CT molecular complexity index is 1100. The van der Waals surface area contributed by atoms with Crippen LogP contribution in [0.25, 0.3) is 0 Å². The Morgan fingerprint density at radius 2 is 1.42 bits per heavy atom. The van der Waals surface area contributed by atoms with Crippen LogP contribution in [0.4, 0.5) is 5.69 Å². The molecule has 0 aliphatic rings. The van der Waals surface area contributed by atoms with Crippen LogP contribution < -0.4 is 24.3 Å². The Labute approximate surface area is 195 Å². The van der Waals surface area contributed by atoms with E-state index in [2.05, 4.69) is 38.2 Å². The molecule has 1 amide bonds. The molecule has 3 aromatic carbocycles. The van der Waals surface area contributed by atoms with E-state index in [-0.39, 0.29) is 17.9 Å². The van der Waals surface area contributed by atoms with E-state index in [1.54, 1.807) is 57.7 Å². The number of hydrogen-bond acceptors (Lipinski definition) is 5. The largest absolute Gasteiger partial charge is 0.497 e. The molecule has 3 aromatic rings. The maximum atomic E-state index is 13.0. The molecule has 0 fully saturated rings. The molecule has 174 valence electrons. The average Bonchev–Trinajstić information content (AvgIpc) is 2.82. The molecule has 3 rings (SSSR count). The molecule has 1 N–H and O–H groups in total. The predicted molar refractivity (Wildman–Crippen MR) is 130 cm³/mol. The van der Waals surface area contributed by atoms with Crippen LogP contribution in [-0.4, -0.2) is 27.2 Å². The molecule has 0 radical (unpaired) electrons. The lowest BCUT2D eigenvalue weighted by Crippen LogP contribution is -2.13. The topological polar surface area (TPSA) is 66.0 Å². The summed E-state index contributed by atoms with van der Waals surface area (Å²) in [5, 5.41) is 2.89. The third-order valence-electron chi connectivity index (χ3n) is 5.31. The molecule has 6 nitrogen and oxygen atoms in total. The molecule has 0 bridgehead atoms. The van der Waals surface area contributed by atoms with Crippen molar-refractivity contribution >= 4 is 11.6 Å². The number of hydrogen-bond donors (Lipinski definition) is 1. The van der Waals surface area contributed by atoms with E-state index in [4.69, 9.17) is 18.9 Å². The molecule has 0 heterocycles. The van der Waals surface area contributed by atoms with Crippen molar-refractivity contribution in [2.75, 3.05) is 26.6 Å². The Balaban J connectivity index is 1.77. The second-order valence-electron chi connectivity index (χ2n) is 8.61. The summed E-state index contributed by atoms with van der Waals surface area (Å²) in [5.74, 6) is 2.28. The number of benzene rings is 3. The number of methoxy groups -OCH3 is 3. The number of carbonyl (C=O) groups excluding carboxylic acids is 1. The standard InChI is InChI=1S/C27H31NO5/c1-27(2,3)20-8-10-21(11-9-20)33-17-19-15-18(7-13-24(19)31-5)26(29)28-23-16-22(30-4)12-14-25(23)32-6/h7-16H,17H2,1-6H3,(H,28,29). The zero-order valence-electron chi connectivity index (χ0n) is 20.0. The van der Waals surface area contributed by atoms with E-state index >= 15 is 0 Å². The quantitative estimate of drug-likeness (QED) is 0.468. The van der Waals surface area contributed by atoms with Gasteiger partial charge in [-0.05, 0) is 53.4 Å². The van der Waals surface area contributed by atoms with Crippen molar-refractivity contribution in [1.82, 2.24) is 0 Å². The minimum absolute atomic E-state index is 0.0783. The van der Waals surface area contributed by atoms with Crippen LogP contribution >= 0.6 is 0 Å². The normalized spacial score (nSPS) is 11.0. The number of carbonyl (C=O) groups is 1. The van der Waals surface area contributed by atoms with E-state index in [1.165, 1.54) is 5.56 Å². The van der Waals surface area contributed by atoms with E-state index in [0.717, 1.165) is 11.3 Å². The van der Waals surface area contributed by atoms with Gasteiger partial charge < -0.3 is 24.3 Å². The Morgan fingerprint density at radius 1 is 0.788 bits per heavy atom. The lowest BCUT2D eigenvalue weighted by molar-refractivity contribution is 0.102. The average molecular weight is 450 g/mol. The fourth-order valence-electron chi connectivity index (χ4n) is 3.35. The van der Waals surface area contributed by atoms with Crippen molar-refractivity contribution in [3.05, 3.63) is 77.4 Å². The Hall–Kier alpha value is -3.67. The summed E-state index contributed by atoms with van der Waals surface area (Å²) in [6.07, 6.45) is 0. The first-order chi connectivity index (χ1) is 15.7. The molecule has 33 heavy (non-hydrogen) atoms. The maximum Gasteiger partial charge on any atom is 0.255 e. The molecule has 6 heteroatoms. The van der Waals surface area contributed by atoms with Gasteiger partial charge in [0.2, 0.25) is 0 Å². The molecule has 0 atom stereocenters. The van der Waals surface area contributed by atoms with E-state index in [1.807, 2.05) is 12.1 Å². The van der Waals surface area contributed by atoms with Crippen LogP contribution in [0.15, 0.2) is 60.7 Å². The maximum absolute atomic E-state index is 13.0. The molecular weight excluding hydrogens is 418 g/mol. The van der Waals surface area contributed by atoms with E-state index in [0.29, 0.717) is 28.5 Å². The number of amides is 1. The van der Waals surface area contributed by atoms with Gasteiger partial charge in [0.1, 0.15) is 29.6 Å². The molecule has 0 aliphatic carbocycles. The van der Waals surface area contributed by atoms with Crippen LogP contribution in [0.2, 0.25) is 0 Å². The molecule has 0 aromatic heterocycles. The second kappa shape index (κ2) is 10.3. The lowest BCUT2D eigenvalue weighted by Gasteiger charge is -2.19. The summed E-state index contributed by atoms with van der Waals surface area (Å²) < 4.78 is 22.0. The number of nitrogens with one attached hydrogen (secondary N) is 1. The van der Waals surface area contributed by atoms with Crippen molar-refractivity contribution in [3.63, 3.8) is 0 Å². The molecular formula is C27H31NO5. The minimum Gasteiger partial charge on any atom is -0.497 e. The second-order valence-corrected chi connectivity index (χ2v) is 8.61. The summed E-state index contributed by atoms with van der Waals surface area (Å²) in [6, 6.07) is 18.5. The monoisotopic (exact) mass is 449 g/mol. The molecule has 0 unspecified atom stereocenters. The van der Waals surface area contributed by atoms with Gasteiger partial charge in [0.05, 0.1) is 27.0 Å². The van der Waals surface area contributed by atoms with Crippen LogP contribution in [0.1, 0.15) is 42.3 Å². The highest BCUT2D eigenvalue weighted by Gasteiger charge is 2.15. The van der Waals surface area contributed by atoms with Gasteiger partial charge in [-0.25, -0.2) is 0 Å².